The fourth-order valence-corrected chi connectivity index (χ4v) is 1.18. The second kappa shape index (κ2) is 5.10. The van der Waals surface area contributed by atoms with Gasteiger partial charge in [0.1, 0.15) is 0 Å². The Balaban J connectivity index is 3.07. The van der Waals surface area contributed by atoms with Gasteiger partial charge >= 0.3 is 5.97 Å². The van der Waals surface area contributed by atoms with Crippen molar-refractivity contribution in [2.45, 2.75) is 6.92 Å². The maximum Gasteiger partial charge on any atom is 0.333 e. The number of esters is 1. The number of hydrogen-bond donors (Lipinski definition) is 0. The zero-order valence-electron chi connectivity index (χ0n) is 8.86. The summed E-state index contributed by atoms with van der Waals surface area (Å²) in [6, 6.07) is 3.68. The molecule has 0 bridgehead atoms. The molecule has 0 amide bonds. The van der Waals surface area contributed by atoms with E-state index in [0.717, 1.165) is 11.3 Å². The Bertz CT molecular complexity index is 408. The molecule has 1 aromatic heterocycles. The third kappa shape index (κ3) is 2.77. The van der Waals surface area contributed by atoms with Crippen LogP contribution in [-0.4, -0.2) is 18.1 Å². The highest BCUT2D eigenvalue weighted by atomic mass is 16.5. The van der Waals surface area contributed by atoms with Gasteiger partial charge in [0, 0.05) is 17.3 Å². The van der Waals surface area contributed by atoms with Gasteiger partial charge in [-0.2, -0.15) is 0 Å². The van der Waals surface area contributed by atoms with Gasteiger partial charge in [-0.05, 0) is 25.1 Å². The normalized spacial score (nSPS) is 10.9. The first-order valence-corrected chi connectivity index (χ1v) is 4.53. The molecule has 1 aromatic rings. The molecular formula is C12H13NO2. The third-order valence-electron chi connectivity index (χ3n) is 1.94. The lowest BCUT2D eigenvalue weighted by molar-refractivity contribution is -0.135. The number of pyridine rings is 1. The standard InChI is InChI=1S/C12H13NO2/c1-4-11-10(6-5-7-13-11)8-9(2)12(14)15-3/h4-8H,1H2,2-3H3/b9-8+. The van der Waals surface area contributed by atoms with Gasteiger partial charge in [0.25, 0.3) is 0 Å². The first-order chi connectivity index (χ1) is 7.19. The van der Waals surface area contributed by atoms with E-state index in [4.69, 9.17) is 0 Å². The number of carbonyl (C=O) groups excluding carboxylic acids is 1. The first-order valence-electron chi connectivity index (χ1n) is 4.53. The fourth-order valence-electron chi connectivity index (χ4n) is 1.18. The first kappa shape index (κ1) is 11.2. The molecule has 0 radical (unpaired) electrons. The van der Waals surface area contributed by atoms with Crippen LogP contribution >= 0.6 is 0 Å². The Morgan fingerprint density at radius 1 is 1.60 bits per heavy atom. The summed E-state index contributed by atoms with van der Waals surface area (Å²) in [5, 5.41) is 0. The van der Waals surface area contributed by atoms with E-state index in [9.17, 15) is 4.79 Å². The molecule has 0 saturated heterocycles. The van der Waals surface area contributed by atoms with Crippen LogP contribution < -0.4 is 0 Å². The van der Waals surface area contributed by atoms with Crippen molar-refractivity contribution in [3.05, 3.63) is 41.7 Å². The van der Waals surface area contributed by atoms with Crippen LogP contribution in [0.5, 0.6) is 0 Å². The zero-order valence-corrected chi connectivity index (χ0v) is 8.86. The minimum atomic E-state index is -0.339. The summed E-state index contributed by atoms with van der Waals surface area (Å²) in [4.78, 5) is 15.3. The molecule has 0 N–H and O–H groups in total. The van der Waals surface area contributed by atoms with Crippen LogP contribution in [0.25, 0.3) is 12.2 Å². The SMILES string of the molecule is C=Cc1ncccc1/C=C(\C)C(=O)OC. The van der Waals surface area contributed by atoms with Gasteiger partial charge in [-0.1, -0.05) is 12.6 Å². The highest BCUT2D eigenvalue weighted by Crippen LogP contribution is 2.12. The summed E-state index contributed by atoms with van der Waals surface area (Å²) in [7, 11) is 1.36. The largest absolute Gasteiger partial charge is 0.466 e. The van der Waals surface area contributed by atoms with Crippen LogP contribution in [0, 0.1) is 0 Å². The van der Waals surface area contributed by atoms with Crippen LogP contribution in [0.4, 0.5) is 0 Å². The molecular weight excluding hydrogens is 190 g/mol. The van der Waals surface area contributed by atoms with Crippen molar-refractivity contribution in [1.82, 2.24) is 4.98 Å². The monoisotopic (exact) mass is 203 g/mol. The second-order valence-electron chi connectivity index (χ2n) is 3.00. The highest BCUT2D eigenvalue weighted by molar-refractivity contribution is 5.93. The number of hydrogen-bond acceptors (Lipinski definition) is 3. The fraction of sp³-hybridized carbons (Fsp3) is 0.167. The quantitative estimate of drug-likeness (QED) is 0.559. The Labute approximate surface area is 89.1 Å². The molecule has 0 aliphatic heterocycles. The molecule has 1 heterocycles. The van der Waals surface area contributed by atoms with Crippen LogP contribution in [0.2, 0.25) is 0 Å². The Morgan fingerprint density at radius 2 is 2.33 bits per heavy atom. The molecule has 0 unspecified atom stereocenters. The Morgan fingerprint density at radius 3 is 2.93 bits per heavy atom. The van der Waals surface area contributed by atoms with Gasteiger partial charge in [-0.25, -0.2) is 4.79 Å². The third-order valence-corrected chi connectivity index (χ3v) is 1.94. The molecule has 0 aromatic carbocycles. The molecule has 0 fully saturated rings. The molecule has 0 atom stereocenters. The summed E-state index contributed by atoms with van der Waals surface area (Å²) in [6.45, 7) is 5.36. The minimum Gasteiger partial charge on any atom is -0.466 e. The molecule has 0 spiro atoms. The molecule has 3 heteroatoms. The van der Waals surface area contributed by atoms with E-state index < -0.39 is 0 Å². The summed E-state index contributed by atoms with van der Waals surface area (Å²) < 4.78 is 4.60. The number of methoxy groups -OCH3 is 1. The summed E-state index contributed by atoms with van der Waals surface area (Å²) in [5.41, 5.74) is 2.14. The lowest BCUT2D eigenvalue weighted by Crippen LogP contribution is -2.01. The van der Waals surface area contributed by atoms with Crippen LogP contribution in [0.3, 0.4) is 0 Å². The van der Waals surface area contributed by atoms with Crippen molar-refractivity contribution in [2.24, 2.45) is 0 Å². The van der Waals surface area contributed by atoms with Gasteiger partial charge in [-0.3, -0.25) is 4.98 Å². The Hall–Kier alpha value is -1.90. The van der Waals surface area contributed by atoms with Crippen molar-refractivity contribution in [1.29, 1.82) is 0 Å². The van der Waals surface area contributed by atoms with Crippen molar-refractivity contribution in [2.75, 3.05) is 7.11 Å². The zero-order chi connectivity index (χ0) is 11.3. The molecule has 0 saturated carbocycles. The predicted molar refractivity (Wildman–Crippen MR) is 60.0 cm³/mol. The van der Waals surface area contributed by atoms with E-state index in [1.54, 1.807) is 25.3 Å². The van der Waals surface area contributed by atoms with Crippen molar-refractivity contribution >= 4 is 18.1 Å². The Kier molecular flexibility index (Phi) is 3.80. The molecule has 0 aliphatic rings. The molecule has 15 heavy (non-hydrogen) atoms. The summed E-state index contributed by atoms with van der Waals surface area (Å²) in [6.07, 6.45) is 5.06. The number of aromatic nitrogens is 1. The number of rotatable bonds is 3. The van der Waals surface area contributed by atoms with E-state index in [0.29, 0.717) is 5.57 Å². The van der Waals surface area contributed by atoms with Gasteiger partial charge in [0.15, 0.2) is 0 Å². The number of nitrogens with zero attached hydrogens (tertiary/aromatic N) is 1. The minimum absolute atomic E-state index is 0.339. The van der Waals surface area contributed by atoms with Crippen molar-refractivity contribution < 1.29 is 9.53 Å². The maximum atomic E-state index is 11.2. The number of ether oxygens (including phenoxy) is 1. The van der Waals surface area contributed by atoms with E-state index >= 15 is 0 Å². The summed E-state index contributed by atoms with van der Waals surface area (Å²) >= 11 is 0. The molecule has 1 rings (SSSR count). The topological polar surface area (TPSA) is 39.2 Å². The predicted octanol–water partition coefficient (Wildman–Crippen LogP) is 2.30. The van der Waals surface area contributed by atoms with E-state index in [-0.39, 0.29) is 5.97 Å². The van der Waals surface area contributed by atoms with Crippen LogP contribution in [-0.2, 0) is 9.53 Å². The molecule has 78 valence electrons. The van der Waals surface area contributed by atoms with Crippen LogP contribution in [0.1, 0.15) is 18.2 Å². The number of carbonyl (C=O) groups is 1. The van der Waals surface area contributed by atoms with Gasteiger partial charge in [-0.15, -0.1) is 0 Å². The van der Waals surface area contributed by atoms with Gasteiger partial charge in [0.05, 0.1) is 12.8 Å². The average Bonchev–Trinajstić information content (AvgIpc) is 2.28. The average molecular weight is 203 g/mol. The van der Waals surface area contributed by atoms with E-state index in [1.165, 1.54) is 7.11 Å². The van der Waals surface area contributed by atoms with Crippen molar-refractivity contribution in [3.63, 3.8) is 0 Å². The maximum absolute atomic E-state index is 11.2. The summed E-state index contributed by atoms with van der Waals surface area (Å²) in [5.74, 6) is -0.339. The molecule has 3 nitrogen and oxygen atoms in total. The van der Waals surface area contributed by atoms with E-state index in [1.807, 2.05) is 12.1 Å². The van der Waals surface area contributed by atoms with Crippen molar-refractivity contribution in [3.8, 4) is 0 Å². The smallest absolute Gasteiger partial charge is 0.333 e. The molecule has 0 aliphatic carbocycles. The van der Waals surface area contributed by atoms with Gasteiger partial charge in [0.2, 0.25) is 0 Å². The van der Waals surface area contributed by atoms with E-state index in [2.05, 4.69) is 16.3 Å². The lowest BCUT2D eigenvalue weighted by atomic mass is 10.1. The van der Waals surface area contributed by atoms with Gasteiger partial charge < -0.3 is 4.74 Å². The second-order valence-corrected chi connectivity index (χ2v) is 3.00. The van der Waals surface area contributed by atoms with Crippen LogP contribution in [0.15, 0.2) is 30.5 Å². The lowest BCUT2D eigenvalue weighted by Gasteiger charge is -2.01. The highest BCUT2D eigenvalue weighted by Gasteiger charge is 2.04.